The zero-order chi connectivity index (χ0) is 15.0. The first kappa shape index (κ1) is 13.7. The van der Waals surface area contributed by atoms with E-state index in [9.17, 15) is 9.18 Å². The van der Waals surface area contributed by atoms with Gasteiger partial charge < -0.3 is 0 Å². The largest absolute Gasteiger partial charge is 0.278 e. The summed E-state index contributed by atoms with van der Waals surface area (Å²) in [6, 6.07) is 4.44. The fourth-order valence-corrected chi connectivity index (χ4v) is 2.48. The maximum atomic E-state index is 13.4. The van der Waals surface area contributed by atoms with Gasteiger partial charge in [-0.05, 0) is 25.3 Å². The molecule has 0 saturated carbocycles. The summed E-state index contributed by atoms with van der Waals surface area (Å²) in [6.07, 6.45) is 3.35. The van der Waals surface area contributed by atoms with E-state index < -0.39 is 5.95 Å². The van der Waals surface area contributed by atoms with Gasteiger partial charge in [-0.25, -0.2) is 24.3 Å². The molecule has 3 heterocycles. The minimum absolute atomic E-state index is 0.216. The van der Waals surface area contributed by atoms with E-state index >= 15 is 0 Å². The van der Waals surface area contributed by atoms with Crippen LogP contribution in [0.1, 0.15) is 6.92 Å². The maximum Gasteiger partial charge on any atom is 0.278 e. The molecule has 0 aromatic carbocycles. The van der Waals surface area contributed by atoms with Crippen LogP contribution in [-0.4, -0.2) is 30.6 Å². The Morgan fingerprint density at radius 3 is 2.81 bits per heavy atom. The first-order valence-corrected chi connectivity index (χ1v) is 7.53. The van der Waals surface area contributed by atoms with Crippen LogP contribution in [0.2, 0.25) is 0 Å². The molecule has 0 spiro atoms. The molecule has 0 atom stereocenters. The molecule has 0 bridgehead atoms. The van der Waals surface area contributed by atoms with Crippen molar-refractivity contribution in [2.24, 2.45) is 0 Å². The summed E-state index contributed by atoms with van der Waals surface area (Å²) in [5, 5.41) is 0.932. The normalized spacial score (nSPS) is 11.2. The van der Waals surface area contributed by atoms with Crippen LogP contribution in [0.25, 0.3) is 16.9 Å². The van der Waals surface area contributed by atoms with E-state index in [4.69, 9.17) is 0 Å². The van der Waals surface area contributed by atoms with Gasteiger partial charge in [0.1, 0.15) is 5.39 Å². The monoisotopic (exact) mass is 305 g/mol. The molecule has 3 aromatic rings. The number of nitrogens with zero attached hydrogens (tertiary/aromatic N) is 5. The summed E-state index contributed by atoms with van der Waals surface area (Å²) in [6.45, 7) is 2.25. The summed E-state index contributed by atoms with van der Waals surface area (Å²) in [5.74, 6) is -0.293. The Balaban J connectivity index is 2.41. The fraction of sp³-hybridized carbons (Fsp3) is 0.231. The topological polar surface area (TPSA) is 65.6 Å². The molecule has 0 aliphatic rings. The first-order chi connectivity index (χ1) is 10.2. The number of aromatic nitrogens is 5. The van der Waals surface area contributed by atoms with Gasteiger partial charge in [-0.2, -0.15) is 4.39 Å². The van der Waals surface area contributed by atoms with Crippen LogP contribution in [0.3, 0.4) is 0 Å². The van der Waals surface area contributed by atoms with Crippen molar-refractivity contribution >= 4 is 22.8 Å². The van der Waals surface area contributed by atoms with E-state index in [2.05, 4.69) is 15.0 Å². The van der Waals surface area contributed by atoms with Gasteiger partial charge in [0.15, 0.2) is 16.6 Å². The predicted octanol–water partition coefficient (Wildman–Crippen LogP) is 1.86. The van der Waals surface area contributed by atoms with Gasteiger partial charge in [-0.1, -0.05) is 17.8 Å². The summed E-state index contributed by atoms with van der Waals surface area (Å²) >= 11 is 1.37. The zero-order valence-corrected chi connectivity index (χ0v) is 12.3. The lowest BCUT2D eigenvalue weighted by Gasteiger charge is -2.09. The molecule has 0 amide bonds. The van der Waals surface area contributed by atoms with E-state index in [0.29, 0.717) is 28.6 Å². The van der Waals surface area contributed by atoms with Gasteiger partial charge >= 0.3 is 0 Å². The second-order valence-electron chi connectivity index (χ2n) is 4.25. The summed E-state index contributed by atoms with van der Waals surface area (Å²) in [7, 11) is 0. The quantitative estimate of drug-likeness (QED) is 0.420. The standard InChI is InChI=1S/C13H12FN5OS/c1-3-18-12(20)8-7-15-13(21-2)17-11(8)19(18)10-6-4-5-9(14)16-10/h4-7H,3H2,1-2H3. The highest BCUT2D eigenvalue weighted by Crippen LogP contribution is 2.17. The van der Waals surface area contributed by atoms with Crippen LogP contribution >= 0.6 is 11.8 Å². The van der Waals surface area contributed by atoms with Gasteiger partial charge in [0.2, 0.25) is 5.95 Å². The Kier molecular flexibility index (Phi) is 3.46. The third-order valence-electron chi connectivity index (χ3n) is 3.05. The fourth-order valence-electron chi connectivity index (χ4n) is 2.14. The third-order valence-corrected chi connectivity index (χ3v) is 3.61. The van der Waals surface area contributed by atoms with E-state index in [1.54, 1.807) is 12.1 Å². The molecule has 0 radical (unpaired) electrons. The van der Waals surface area contributed by atoms with Crippen LogP contribution < -0.4 is 5.56 Å². The molecule has 0 fully saturated rings. The molecule has 0 aliphatic carbocycles. The maximum absolute atomic E-state index is 13.4. The van der Waals surface area contributed by atoms with Crippen LogP contribution in [-0.2, 0) is 6.54 Å². The summed E-state index contributed by atoms with van der Waals surface area (Å²) in [4.78, 5) is 24.7. The Labute approximate surface area is 123 Å². The van der Waals surface area contributed by atoms with Crippen molar-refractivity contribution in [3.8, 4) is 5.82 Å². The molecule has 3 rings (SSSR count). The minimum Gasteiger partial charge on any atom is -0.267 e. The van der Waals surface area contributed by atoms with E-state index in [1.165, 1.54) is 33.4 Å². The summed E-state index contributed by atoms with van der Waals surface area (Å²) < 4.78 is 16.4. The third kappa shape index (κ3) is 2.21. The molecular weight excluding hydrogens is 293 g/mol. The zero-order valence-electron chi connectivity index (χ0n) is 11.4. The van der Waals surface area contributed by atoms with Crippen molar-refractivity contribution < 1.29 is 4.39 Å². The predicted molar refractivity (Wildman–Crippen MR) is 78.3 cm³/mol. The molecule has 0 unspecified atom stereocenters. The smallest absolute Gasteiger partial charge is 0.267 e. The average Bonchev–Trinajstić information content (AvgIpc) is 2.79. The van der Waals surface area contributed by atoms with Gasteiger partial charge in [0, 0.05) is 12.7 Å². The molecule has 3 aromatic heterocycles. The van der Waals surface area contributed by atoms with Crippen molar-refractivity contribution in [3.63, 3.8) is 0 Å². The van der Waals surface area contributed by atoms with E-state index in [-0.39, 0.29) is 5.56 Å². The average molecular weight is 305 g/mol. The molecule has 0 aliphatic heterocycles. The number of halogens is 1. The van der Waals surface area contributed by atoms with Crippen molar-refractivity contribution in [1.82, 2.24) is 24.3 Å². The molecule has 108 valence electrons. The number of fused-ring (bicyclic) bond motifs is 1. The lowest BCUT2D eigenvalue weighted by molar-refractivity contribution is 0.542. The van der Waals surface area contributed by atoms with E-state index in [0.717, 1.165) is 0 Å². The molecule has 0 N–H and O–H groups in total. The minimum atomic E-state index is -0.608. The van der Waals surface area contributed by atoms with Crippen LogP contribution in [0, 0.1) is 5.95 Å². The summed E-state index contributed by atoms with van der Waals surface area (Å²) in [5.41, 5.74) is 0.213. The lowest BCUT2D eigenvalue weighted by atomic mass is 10.4. The van der Waals surface area contributed by atoms with Crippen molar-refractivity contribution in [3.05, 3.63) is 40.7 Å². The molecule has 6 nitrogen and oxygen atoms in total. The Morgan fingerprint density at radius 2 is 2.14 bits per heavy atom. The number of pyridine rings is 1. The highest BCUT2D eigenvalue weighted by molar-refractivity contribution is 7.98. The molecular formula is C13H12FN5OS. The van der Waals surface area contributed by atoms with Crippen LogP contribution in [0.15, 0.2) is 34.3 Å². The van der Waals surface area contributed by atoms with Gasteiger partial charge in [0.05, 0.1) is 0 Å². The lowest BCUT2D eigenvalue weighted by Crippen LogP contribution is -2.21. The van der Waals surface area contributed by atoms with Crippen LogP contribution in [0.4, 0.5) is 4.39 Å². The highest BCUT2D eigenvalue weighted by atomic mass is 32.2. The molecule has 8 heteroatoms. The number of hydrogen-bond donors (Lipinski definition) is 0. The SMILES string of the molecule is CCn1c(=O)c2cnc(SC)nc2n1-c1cccc(F)n1. The Hall–Kier alpha value is -2.22. The second-order valence-corrected chi connectivity index (χ2v) is 5.02. The number of hydrogen-bond acceptors (Lipinski definition) is 5. The van der Waals surface area contributed by atoms with Gasteiger partial charge in [0.25, 0.3) is 5.56 Å². The van der Waals surface area contributed by atoms with Crippen molar-refractivity contribution in [2.75, 3.05) is 6.26 Å². The first-order valence-electron chi connectivity index (χ1n) is 6.31. The van der Waals surface area contributed by atoms with Crippen molar-refractivity contribution in [1.29, 1.82) is 0 Å². The van der Waals surface area contributed by atoms with E-state index in [1.807, 2.05) is 13.2 Å². The van der Waals surface area contributed by atoms with Gasteiger partial charge in [-0.15, -0.1) is 0 Å². The highest BCUT2D eigenvalue weighted by Gasteiger charge is 2.17. The molecule has 0 saturated heterocycles. The number of rotatable bonds is 3. The van der Waals surface area contributed by atoms with Crippen molar-refractivity contribution in [2.45, 2.75) is 18.6 Å². The Morgan fingerprint density at radius 1 is 1.33 bits per heavy atom. The van der Waals surface area contributed by atoms with Crippen LogP contribution in [0.5, 0.6) is 0 Å². The number of thioether (sulfide) groups is 1. The second kappa shape index (κ2) is 5.28. The Bertz CT molecular complexity index is 873. The molecule has 21 heavy (non-hydrogen) atoms. The van der Waals surface area contributed by atoms with Gasteiger partial charge in [-0.3, -0.25) is 4.79 Å².